The summed E-state index contributed by atoms with van der Waals surface area (Å²) in [6.45, 7) is 3.33. The number of aliphatic hydroxyl groups is 1. The van der Waals surface area contributed by atoms with Gasteiger partial charge in [0.1, 0.15) is 27.0 Å². The van der Waals surface area contributed by atoms with Gasteiger partial charge in [-0.1, -0.05) is 65.9 Å². The number of anilines is 1. The topological polar surface area (TPSA) is 255 Å². The van der Waals surface area contributed by atoms with E-state index in [2.05, 4.69) is 20.0 Å². The predicted octanol–water partition coefficient (Wildman–Crippen LogP) is 6.08. The fourth-order valence-corrected chi connectivity index (χ4v) is 11.6. The number of sulfonamides is 2. The molecule has 0 radical (unpaired) electrons. The number of aliphatic hydroxyl groups excluding tert-OH is 1. The summed E-state index contributed by atoms with van der Waals surface area (Å²) in [5.41, 5.74) is 7.89. The fraction of sp³-hybridized carbons (Fsp3) is 0.283. The number of hydrogen-bond donors (Lipinski definition) is 4. The zero-order valence-electron chi connectivity index (χ0n) is 38.0. The minimum atomic E-state index is -5.02. The molecule has 0 unspecified atom stereocenters. The highest BCUT2D eigenvalue weighted by Gasteiger charge is 2.39. The Kier molecular flexibility index (Phi) is 14.7. The Labute approximate surface area is 397 Å². The number of methoxy groups -OCH3 is 3. The van der Waals surface area contributed by atoms with E-state index in [1.165, 1.54) is 36.4 Å². The molecule has 0 fully saturated rings. The van der Waals surface area contributed by atoms with Crippen LogP contribution in [0.4, 0.5) is 9.93 Å². The number of rotatable bonds is 19. The highest BCUT2D eigenvalue weighted by molar-refractivity contribution is 7.92. The maximum Gasteiger partial charge on any atom is 0.407 e. The van der Waals surface area contributed by atoms with E-state index in [4.69, 9.17) is 25.0 Å². The SMILES string of the molecule is COc1ccc(CN(Cc2ccc(OC)cc2)S(=O)(=O)c2c(S(=O)(=O)NC[C@H](O)CN(C(=O)O)C(C)(C)C)ccc(-c3cccc4sc(N)nc34)c2-c2nnn(Cc3ccc(OC)cc3)n2)cc1. The number of nitrogens with two attached hydrogens (primary N) is 1. The lowest BCUT2D eigenvalue weighted by Gasteiger charge is -2.34. The molecule has 0 aliphatic heterocycles. The summed E-state index contributed by atoms with van der Waals surface area (Å²) in [4.78, 5) is 17.5. The van der Waals surface area contributed by atoms with Crippen molar-refractivity contribution < 1.29 is 46.1 Å². The van der Waals surface area contributed by atoms with Gasteiger partial charge in [-0.05, 0) is 96.8 Å². The van der Waals surface area contributed by atoms with Crippen LogP contribution < -0.4 is 24.7 Å². The number of nitrogens with one attached hydrogen (secondary N) is 1. The smallest absolute Gasteiger partial charge is 0.407 e. The van der Waals surface area contributed by atoms with Gasteiger partial charge in [0.25, 0.3) is 0 Å². The number of carbonyl (C=O) groups is 1. The summed E-state index contributed by atoms with van der Waals surface area (Å²) in [6.07, 6.45) is -2.88. The summed E-state index contributed by atoms with van der Waals surface area (Å²) in [7, 11) is -5.37. The number of amides is 1. The van der Waals surface area contributed by atoms with Gasteiger partial charge in [0.2, 0.25) is 25.9 Å². The largest absolute Gasteiger partial charge is 0.497 e. The van der Waals surface area contributed by atoms with Gasteiger partial charge in [0.15, 0.2) is 5.13 Å². The Morgan fingerprint density at radius 1 is 0.809 bits per heavy atom. The van der Waals surface area contributed by atoms with Crippen LogP contribution in [0.15, 0.2) is 113 Å². The Hall–Kier alpha value is -6.69. The molecule has 0 aliphatic rings. The van der Waals surface area contributed by atoms with E-state index in [1.807, 2.05) is 0 Å². The molecule has 0 spiro atoms. The molecule has 19 nitrogen and oxygen atoms in total. The van der Waals surface area contributed by atoms with Gasteiger partial charge in [-0.15, -0.1) is 10.2 Å². The molecule has 5 N–H and O–H groups in total. The minimum absolute atomic E-state index is 0.0903. The van der Waals surface area contributed by atoms with E-state index in [0.29, 0.717) is 44.2 Å². The van der Waals surface area contributed by atoms with Crippen LogP contribution in [0.25, 0.3) is 32.7 Å². The van der Waals surface area contributed by atoms with Crippen LogP contribution in [0.1, 0.15) is 37.5 Å². The molecular weight excluding hydrogens is 935 g/mol. The first-order chi connectivity index (χ1) is 32.3. The average Bonchev–Trinajstić information content (AvgIpc) is 3.95. The molecule has 68 heavy (non-hydrogen) atoms. The fourth-order valence-electron chi connectivity index (χ4n) is 7.39. The van der Waals surface area contributed by atoms with Crippen LogP contribution in [0, 0.1) is 0 Å². The number of carboxylic acid groups (broad SMARTS) is 1. The summed E-state index contributed by atoms with van der Waals surface area (Å²) in [5, 5.41) is 34.6. The second-order valence-corrected chi connectivity index (χ2v) is 21.2. The van der Waals surface area contributed by atoms with Crippen molar-refractivity contribution in [2.45, 2.75) is 61.8 Å². The highest BCUT2D eigenvalue weighted by Crippen LogP contribution is 2.44. The van der Waals surface area contributed by atoms with Crippen molar-refractivity contribution in [1.82, 2.24) is 39.1 Å². The van der Waals surface area contributed by atoms with Crippen molar-refractivity contribution in [1.29, 1.82) is 0 Å². The third-order valence-electron chi connectivity index (χ3n) is 10.9. The third kappa shape index (κ3) is 11.0. The Balaban J connectivity index is 1.47. The lowest BCUT2D eigenvalue weighted by molar-refractivity contribution is 0.0577. The number of ether oxygens (including phenoxy) is 3. The maximum atomic E-state index is 16.1. The summed E-state index contributed by atoms with van der Waals surface area (Å²) in [5.74, 6) is 1.45. The van der Waals surface area contributed by atoms with Gasteiger partial charge >= 0.3 is 6.09 Å². The molecule has 0 saturated carbocycles. The lowest BCUT2D eigenvalue weighted by Crippen LogP contribution is -2.50. The van der Waals surface area contributed by atoms with Gasteiger partial charge in [0.05, 0.1) is 56.3 Å². The van der Waals surface area contributed by atoms with E-state index >= 15 is 8.42 Å². The third-order valence-corrected chi connectivity index (χ3v) is 15.2. The monoisotopic (exact) mass is 985 g/mol. The van der Waals surface area contributed by atoms with Crippen molar-refractivity contribution in [3.05, 3.63) is 120 Å². The molecule has 5 aromatic carbocycles. The van der Waals surface area contributed by atoms with E-state index in [1.54, 1.807) is 119 Å². The quantitative estimate of drug-likeness (QED) is 0.0716. The number of hydrogen-bond acceptors (Lipinski definition) is 15. The van der Waals surface area contributed by atoms with Gasteiger partial charge in [0, 0.05) is 30.7 Å². The molecule has 2 aromatic heterocycles. The zero-order valence-corrected chi connectivity index (χ0v) is 40.5. The van der Waals surface area contributed by atoms with Crippen LogP contribution in [-0.2, 0) is 39.7 Å². The number of benzene rings is 5. The molecule has 7 rings (SSSR count). The zero-order chi connectivity index (χ0) is 49.0. The van der Waals surface area contributed by atoms with Crippen LogP contribution in [0.5, 0.6) is 17.2 Å². The lowest BCUT2D eigenvalue weighted by atomic mass is 9.98. The number of para-hydroxylation sites is 1. The maximum absolute atomic E-state index is 16.1. The number of thiazole rings is 1. The van der Waals surface area contributed by atoms with Crippen molar-refractivity contribution >= 4 is 52.8 Å². The van der Waals surface area contributed by atoms with Crippen molar-refractivity contribution in [2.75, 3.05) is 40.2 Å². The van der Waals surface area contributed by atoms with Crippen LogP contribution >= 0.6 is 11.3 Å². The molecule has 358 valence electrons. The minimum Gasteiger partial charge on any atom is -0.497 e. The summed E-state index contributed by atoms with van der Waals surface area (Å²) >= 11 is 1.21. The van der Waals surface area contributed by atoms with Gasteiger partial charge in [-0.25, -0.2) is 31.3 Å². The Morgan fingerprint density at radius 3 is 1.90 bits per heavy atom. The van der Waals surface area contributed by atoms with E-state index in [0.717, 1.165) is 20.8 Å². The second-order valence-electron chi connectivity index (χ2n) is 16.6. The molecule has 0 aliphatic carbocycles. The normalized spacial score (nSPS) is 12.6. The predicted molar refractivity (Wildman–Crippen MR) is 256 cm³/mol. The first-order valence-corrected chi connectivity index (χ1v) is 24.7. The number of tetrazole rings is 1. The van der Waals surface area contributed by atoms with Crippen LogP contribution in [0.3, 0.4) is 0 Å². The van der Waals surface area contributed by atoms with Gasteiger partial charge in [-0.3, -0.25) is 0 Å². The molecule has 1 atom stereocenters. The Morgan fingerprint density at radius 2 is 1.37 bits per heavy atom. The molecule has 1 amide bonds. The van der Waals surface area contributed by atoms with Gasteiger partial charge in [-0.2, -0.15) is 9.10 Å². The Bertz CT molecular complexity index is 3070. The molecule has 2 heterocycles. The number of β-amino-alcohol motifs (C(OH)–C–C–N with tert-alkyl or cyclic N) is 1. The van der Waals surface area contributed by atoms with Crippen molar-refractivity contribution in [2.24, 2.45) is 0 Å². The standard InChI is InChI=1S/C46H51N9O10S3/c1-46(2,3)54(45(57)58)28-32(56)24-48-67(59,60)39-23-22-36(37-8-7-9-38-41(37)49-44(47)66-38)40(43-50-52-55(51-43)27-31-14-20-35(65-6)21-15-31)42(39)68(61,62)53(25-29-10-16-33(63-4)17-11-29)26-30-12-18-34(64-5)19-13-30/h7-23,32,48,56H,24-28H2,1-6H3,(H2,47,49)(H,57,58)/t32-/m0/s1. The molecule has 7 aromatic rings. The van der Waals surface area contributed by atoms with Crippen molar-refractivity contribution in [3.8, 4) is 39.8 Å². The first-order valence-electron chi connectivity index (χ1n) is 21.0. The van der Waals surface area contributed by atoms with E-state index < -0.39 is 60.7 Å². The van der Waals surface area contributed by atoms with Crippen molar-refractivity contribution in [3.63, 3.8) is 0 Å². The molecule has 0 bridgehead atoms. The van der Waals surface area contributed by atoms with Gasteiger partial charge < -0.3 is 35.1 Å². The number of fused-ring (bicyclic) bond motifs is 1. The van der Waals surface area contributed by atoms with E-state index in [9.17, 15) is 23.4 Å². The average molecular weight is 986 g/mol. The highest BCUT2D eigenvalue weighted by atomic mass is 32.2. The summed E-state index contributed by atoms with van der Waals surface area (Å²) in [6, 6.07) is 28.5. The first kappa shape index (κ1) is 49.2. The number of nitrogens with zero attached hydrogens (tertiary/aromatic N) is 7. The second kappa shape index (κ2) is 20.3. The number of aromatic nitrogens is 5. The molecule has 22 heteroatoms. The number of nitrogen functional groups attached to an aromatic ring is 1. The van der Waals surface area contributed by atoms with Crippen LogP contribution in [-0.4, -0.2) is 114 Å². The summed E-state index contributed by atoms with van der Waals surface area (Å²) < 4.78 is 82.1. The van der Waals surface area contributed by atoms with Crippen LogP contribution in [0.2, 0.25) is 0 Å². The molecular formula is C46H51N9O10S3. The van der Waals surface area contributed by atoms with E-state index in [-0.39, 0.29) is 41.7 Å². The molecule has 0 saturated heterocycles.